The van der Waals surface area contributed by atoms with Gasteiger partial charge in [0.15, 0.2) is 11.6 Å². The van der Waals surface area contributed by atoms with Crippen LogP contribution in [-0.4, -0.2) is 57.7 Å². The second-order valence-electron chi connectivity index (χ2n) is 10.9. The van der Waals surface area contributed by atoms with Crippen molar-refractivity contribution in [2.24, 2.45) is 17.8 Å². The molecule has 5 unspecified atom stereocenters. The van der Waals surface area contributed by atoms with Crippen molar-refractivity contribution in [3.05, 3.63) is 59.4 Å². The molecule has 0 bridgehead atoms. The number of H-pyrrole nitrogens is 1. The summed E-state index contributed by atoms with van der Waals surface area (Å²) in [6.45, 7) is 2.23. The van der Waals surface area contributed by atoms with Gasteiger partial charge >= 0.3 is 0 Å². The van der Waals surface area contributed by atoms with Gasteiger partial charge in [0.1, 0.15) is 17.5 Å². The van der Waals surface area contributed by atoms with Crippen LogP contribution >= 0.6 is 0 Å². The molecule has 5 rings (SSSR count). The number of ketones is 3. The van der Waals surface area contributed by atoms with E-state index in [0.29, 0.717) is 30.5 Å². The predicted molar refractivity (Wildman–Crippen MR) is 141 cm³/mol. The molecule has 200 valence electrons. The van der Waals surface area contributed by atoms with Crippen molar-refractivity contribution in [1.29, 1.82) is 0 Å². The highest BCUT2D eigenvalue weighted by atomic mass is 16.2. The van der Waals surface area contributed by atoms with Gasteiger partial charge in [0.2, 0.25) is 5.91 Å². The van der Waals surface area contributed by atoms with Crippen molar-refractivity contribution < 1.29 is 24.0 Å². The van der Waals surface area contributed by atoms with E-state index in [9.17, 15) is 24.0 Å². The zero-order valence-electron chi connectivity index (χ0n) is 21.8. The molecule has 1 saturated heterocycles. The van der Waals surface area contributed by atoms with Gasteiger partial charge in [-0.1, -0.05) is 43.7 Å². The summed E-state index contributed by atoms with van der Waals surface area (Å²) in [7, 11) is 0. The van der Waals surface area contributed by atoms with Gasteiger partial charge in [0.05, 0.1) is 6.04 Å². The van der Waals surface area contributed by atoms with Gasteiger partial charge in [-0.05, 0) is 50.0 Å². The number of carbonyl (C=O) groups excluding carboxylic acids is 5. The van der Waals surface area contributed by atoms with Gasteiger partial charge in [-0.3, -0.25) is 24.0 Å². The van der Waals surface area contributed by atoms with Gasteiger partial charge < -0.3 is 15.2 Å². The quantitative estimate of drug-likeness (QED) is 0.492. The van der Waals surface area contributed by atoms with Gasteiger partial charge in [-0.2, -0.15) is 0 Å². The van der Waals surface area contributed by atoms with Gasteiger partial charge in [0.25, 0.3) is 5.91 Å². The standard InChI is InChI=1S/C30H35N3O5/c1-2-25(34)23(14-19-10-7-13-26(19)35)32-29(37)27-22-12-6-11-20(22)17-33(27)30(38)24-15-21(16-31-24)28(36)18-8-4-3-5-9-18/h3-5,8-9,15-16,19-20,22-23,27,31H,2,6-7,10-14,17H2,1H3,(H,32,37). The minimum atomic E-state index is -0.725. The van der Waals surface area contributed by atoms with E-state index in [4.69, 9.17) is 0 Å². The first kappa shape index (κ1) is 26.1. The fourth-order valence-corrected chi connectivity index (χ4v) is 6.61. The molecular formula is C30H35N3O5. The number of fused-ring (bicyclic) bond motifs is 1. The number of hydrogen-bond donors (Lipinski definition) is 2. The fraction of sp³-hybridized carbons (Fsp3) is 0.500. The first-order chi connectivity index (χ1) is 18.4. The molecule has 5 atom stereocenters. The highest BCUT2D eigenvalue weighted by molar-refractivity contribution is 6.10. The molecule has 2 aliphatic carbocycles. The van der Waals surface area contributed by atoms with Crippen LogP contribution in [0.25, 0.3) is 0 Å². The number of rotatable bonds is 9. The van der Waals surface area contributed by atoms with Crippen LogP contribution in [0, 0.1) is 17.8 Å². The molecule has 2 N–H and O–H groups in total. The lowest BCUT2D eigenvalue weighted by Crippen LogP contribution is -2.53. The Morgan fingerprint density at radius 1 is 1.05 bits per heavy atom. The number of hydrogen-bond acceptors (Lipinski definition) is 5. The maximum absolute atomic E-state index is 13.7. The van der Waals surface area contributed by atoms with Crippen LogP contribution < -0.4 is 5.32 Å². The lowest BCUT2D eigenvalue weighted by molar-refractivity contribution is -0.131. The number of Topliss-reactive ketones (excluding diaryl/α,β-unsaturated/α-hetero) is 2. The molecule has 0 radical (unpaired) electrons. The molecular weight excluding hydrogens is 482 g/mol. The summed E-state index contributed by atoms with van der Waals surface area (Å²) in [4.78, 5) is 69.8. The summed E-state index contributed by atoms with van der Waals surface area (Å²) in [5.41, 5.74) is 1.18. The molecule has 2 amide bonds. The van der Waals surface area contributed by atoms with Crippen molar-refractivity contribution in [1.82, 2.24) is 15.2 Å². The van der Waals surface area contributed by atoms with Crippen molar-refractivity contribution in [3.63, 3.8) is 0 Å². The Bertz CT molecular complexity index is 1240. The average molecular weight is 518 g/mol. The Morgan fingerprint density at radius 2 is 1.84 bits per heavy atom. The van der Waals surface area contributed by atoms with Gasteiger partial charge in [0, 0.05) is 42.6 Å². The number of nitrogens with zero attached hydrogens (tertiary/aromatic N) is 1. The molecule has 38 heavy (non-hydrogen) atoms. The molecule has 8 nitrogen and oxygen atoms in total. The molecule has 0 spiro atoms. The smallest absolute Gasteiger partial charge is 0.270 e. The van der Waals surface area contributed by atoms with Crippen molar-refractivity contribution in [3.8, 4) is 0 Å². The number of aromatic amines is 1. The Balaban J connectivity index is 1.34. The highest BCUT2D eigenvalue weighted by Gasteiger charge is 2.50. The van der Waals surface area contributed by atoms with Crippen LogP contribution in [0.1, 0.15) is 84.7 Å². The van der Waals surface area contributed by atoms with E-state index >= 15 is 0 Å². The molecule has 3 fully saturated rings. The summed E-state index contributed by atoms with van der Waals surface area (Å²) in [5, 5.41) is 2.95. The highest BCUT2D eigenvalue weighted by Crippen LogP contribution is 2.43. The number of benzene rings is 1. The van der Waals surface area contributed by atoms with Crippen molar-refractivity contribution in [2.75, 3.05) is 6.54 Å². The Labute approximate surface area is 222 Å². The van der Waals surface area contributed by atoms with Crippen LogP contribution in [-0.2, 0) is 14.4 Å². The largest absolute Gasteiger partial charge is 0.356 e. The monoisotopic (exact) mass is 517 g/mol. The Morgan fingerprint density at radius 3 is 2.55 bits per heavy atom. The van der Waals surface area contributed by atoms with Gasteiger partial charge in [-0.25, -0.2) is 0 Å². The zero-order valence-corrected chi connectivity index (χ0v) is 21.8. The van der Waals surface area contributed by atoms with Crippen LogP contribution in [0.15, 0.2) is 42.6 Å². The number of likely N-dealkylation sites (tertiary alicyclic amines) is 1. The number of aromatic nitrogens is 1. The average Bonchev–Trinajstić information content (AvgIpc) is 3.72. The fourth-order valence-electron chi connectivity index (χ4n) is 6.61. The molecule has 3 aliphatic rings. The molecule has 2 aromatic rings. The maximum Gasteiger partial charge on any atom is 0.270 e. The molecule has 2 heterocycles. The molecule has 2 saturated carbocycles. The number of amides is 2. The zero-order chi connectivity index (χ0) is 26.8. The topological polar surface area (TPSA) is 116 Å². The van der Waals surface area contributed by atoms with Gasteiger partial charge in [-0.15, -0.1) is 0 Å². The SMILES string of the molecule is CCC(=O)C(CC1CCCC1=O)NC(=O)C1C2CCCC2CN1C(=O)c1cc(C(=O)c2ccccc2)c[nH]1. The van der Waals surface area contributed by atoms with Crippen molar-refractivity contribution in [2.45, 2.75) is 70.4 Å². The Kier molecular flexibility index (Phi) is 7.58. The van der Waals surface area contributed by atoms with Crippen molar-refractivity contribution >= 4 is 29.2 Å². The summed E-state index contributed by atoms with van der Waals surface area (Å²) < 4.78 is 0. The van der Waals surface area contributed by atoms with E-state index in [1.165, 1.54) is 6.20 Å². The minimum absolute atomic E-state index is 0.0322. The lowest BCUT2D eigenvalue weighted by Gasteiger charge is -2.29. The van der Waals surface area contributed by atoms with E-state index in [2.05, 4.69) is 10.3 Å². The summed E-state index contributed by atoms with van der Waals surface area (Å²) in [6.07, 6.45) is 7.04. The van der Waals surface area contributed by atoms with Crippen LogP contribution in [0.5, 0.6) is 0 Å². The van der Waals surface area contributed by atoms with E-state index in [1.54, 1.807) is 42.2 Å². The third-order valence-electron chi connectivity index (χ3n) is 8.64. The normalized spacial score (nSPS) is 25.3. The molecule has 1 aromatic heterocycles. The van der Waals surface area contributed by atoms with E-state index in [-0.39, 0.29) is 59.0 Å². The summed E-state index contributed by atoms with van der Waals surface area (Å²) in [6, 6.07) is 9.01. The second-order valence-corrected chi connectivity index (χ2v) is 10.9. The van der Waals surface area contributed by atoms with Crippen LogP contribution in [0.2, 0.25) is 0 Å². The summed E-state index contributed by atoms with van der Waals surface area (Å²) >= 11 is 0. The summed E-state index contributed by atoms with van der Waals surface area (Å²) in [5.74, 6) is -0.698. The lowest BCUT2D eigenvalue weighted by atomic mass is 9.91. The molecule has 8 heteroatoms. The first-order valence-corrected chi connectivity index (χ1v) is 13.8. The number of carbonyl (C=O) groups is 5. The van der Waals surface area contributed by atoms with Crippen LogP contribution in [0.4, 0.5) is 0 Å². The minimum Gasteiger partial charge on any atom is -0.356 e. The predicted octanol–water partition coefficient (Wildman–Crippen LogP) is 3.71. The molecule has 1 aliphatic heterocycles. The van der Waals surface area contributed by atoms with E-state index in [0.717, 1.165) is 32.1 Å². The maximum atomic E-state index is 13.7. The second kappa shape index (κ2) is 11.1. The van der Waals surface area contributed by atoms with E-state index < -0.39 is 12.1 Å². The first-order valence-electron chi connectivity index (χ1n) is 13.8. The van der Waals surface area contributed by atoms with E-state index in [1.807, 2.05) is 6.07 Å². The Hall–Kier alpha value is -3.55. The van der Waals surface area contributed by atoms with Crippen LogP contribution in [0.3, 0.4) is 0 Å². The molecule has 1 aromatic carbocycles. The third-order valence-corrected chi connectivity index (χ3v) is 8.64. The number of nitrogens with one attached hydrogen (secondary N) is 2. The third kappa shape index (κ3) is 5.08.